The van der Waals surface area contributed by atoms with E-state index in [0.717, 1.165) is 30.0 Å². The molecular weight excluding hydrogens is 393 g/mol. The Morgan fingerprint density at radius 2 is 1.80 bits per heavy atom. The highest BCUT2D eigenvalue weighted by atomic mass is 19.4. The van der Waals surface area contributed by atoms with Crippen LogP contribution in [0, 0.1) is 0 Å². The second-order valence-electron chi connectivity index (χ2n) is 7.34. The fraction of sp³-hybridized carbons (Fsp3) is 0.364. The van der Waals surface area contributed by atoms with Gasteiger partial charge in [0.15, 0.2) is 0 Å². The number of benzene rings is 1. The van der Waals surface area contributed by atoms with Crippen LogP contribution in [0.4, 0.5) is 13.2 Å². The van der Waals surface area contributed by atoms with Crippen LogP contribution in [-0.2, 0) is 17.7 Å². The van der Waals surface area contributed by atoms with Gasteiger partial charge >= 0.3 is 6.18 Å². The minimum atomic E-state index is -4.21. The van der Waals surface area contributed by atoms with E-state index in [9.17, 15) is 13.2 Å². The normalized spacial score (nSPS) is 16.5. The van der Waals surface area contributed by atoms with Crippen molar-refractivity contribution >= 4 is 0 Å². The molecule has 1 saturated heterocycles. The summed E-state index contributed by atoms with van der Waals surface area (Å²) < 4.78 is 45.4. The molecule has 1 aliphatic rings. The third kappa shape index (κ3) is 5.06. The van der Waals surface area contributed by atoms with Crippen molar-refractivity contribution in [3.05, 3.63) is 72.3 Å². The first-order valence-electron chi connectivity index (χ1n) is 9.88. The molecule has 5 nitrogen and oxygen atoms in total. The molecule has 30 heavy (non-hydrogen) atoms. The highest BCUT2D eigenvalue weighted by Gasteiger charge is 2.28. The molecule has 2 aromatic heterocycles. The number of nitrogens with zero attached hydrogens (tertiary/aromatic N) is 4. The number of rotatable bonds is 6. The Hall–Kier alpha value is -2.71. The van der Waals surface area contributed by atoms with Gasteiger partial charge in [-0.25, -0.2) is 4.98 Å². The van der Waals surface area contributed by atoms with Gasteiger partial charge in [-0.3, -0.25) is 9.88 Å². The lowest BCUT2D eigenvalue weighted by molar-refractivity contribution is -0.127. The molecule has 0 spiro atoms. The third-order valence-corrected chi connectivity index (χ3v) is 5.26. The van der Waals surface area contributed by atoms with Crippen LogP contribution in [0.25, 0.3) is 11.4 Å². The van der Waals surface area contributed by atoms with Crippen LogP contribution in [0.2, 0.25) is 0 Å². The Bertz CT molecular complexity index is 935. The van der Waals surface area contributed by atoms with E-state index in [1.807, 2.05) is 23.0 Å². The van der Waals surface area contributed by atoms with Crippen LogP contribution < -0.4 is 0 Å². The van der Waals surface area contributed by atoms with Crippen molar-refractivity contribution < 1.29 is 17.9 Å². The zero-order valence-electron chi connectivity index (χ0n) is 16.4. The van der Waals surface area contributed by atoms with Gasteiger partial charge in [0.25, 0.3) is 0 Å². The Kier molecular flexibility index (Phi) is 6.15. The van der Waals surface area contributed by atoms with Crippen molar-refractivity contribution in [1.82, 2.24) is 19.4 Å². The number of morpholine rings is 1. The summed E-state index contributed by atoms with van der Waals surface area (Å²) in [5, 5.41) is 0. The Labute approximate surface area is 173 Å². The fourth-order valence-corrected chi connectivity index (χ4v) is 3.80. The standard InChI is InChI=1S/C22H23F3N4O/c23-22(24,25)14-17-3-5-18(6-4-17)21-27-8-9-29(21)16-20(19-2-1-7-26-15-19)28-10-12-30-13-11-28/h1-9,15,20H,10-14,16H2. The third-order valence-electron chi connectivity index (χ3n) is 5.26. The molecule has 0 bridgehead atoms. The van der Waals surface area contributed by atoms with Gasteiger partial charge in [-0.15, -0.1) is 0 Å². The maximum atomic E-state index is 12.6. The summed E-state index contributed by atoms with van der Waals surface area (Å²) in [5.74, 6) is 0.732. The lowest BCUT2D eigenvalue weighted by Gasteiger charge is -2.35. The quantitative estimate of drug-likeness (QED) is 0.606. The Morgan fingerprint density at radius 1 is 1.03 bits per heavy atom. The topological polar surface area (TPSA) is 43.2 Å². The number of hydrogen-bond acceptors (Lipinski definition) is 4. The van der Waals surface area contributed by atoms with Crippen molar-refractivity contribution in [2.24, 2.45) is 0 Å². The molecule has 3 aromatic rings. The summed E-state index contributed by atoms with van der Waals surface area (Å²) in [4.78, 5) is 11.1. The van der Waals surface area contributed by atoms with E-state index in [-0.39, 0.29) is 11.6 Å². The second-order valence-corrected chi connectivity index (χ2v) is 7.34. The van der Waals surface area contributed by atoms with Crippen LogP contribution in [0.15, 0.2) is 61.2 Å². The number of ether oxygens (including phenoxy) is 1. The van der Waals surface area contributed by atoms with E-state index < -0.39 is 12.6 Å². The largest absolute Gasteiger partial charge is 0.393 e. The molecule has 0 N–H and O–H groups in total. The summed E-state index contributed by atoms with van der Waals surface area (Å²) in [7, 11) is 0. The summed E-state index contributed by atoms with van der Waals surface area (Å²) in [5.41, 5.74) is 2.14. The maximum absolute atomic E-state index is 12.6. The number of hydrogen-bond donors (Lipinski definition) is 0. The predicted molar refractivity (Wildman–Crippen MR) is 107 cm³/mol. The highest BCUT2D eigenvalue weighted by Crippen LogP contribution is 2.27. The average Bonchev–Trinajstić information content (AvgIpc) is 3.21. The van der Waals surface area contributed by atoms with Crippen molar-refractivity contribution in [2.45, 2.75) is 25.2 Å². The second kappa shape index (κ2) is 8.97. The monoisotopic (exact) mass is 416 g/mol. The van der Waals surface area contributed by atoms with Crippen LogP contribution in [0.1, 0.15) is 17.2 Å². The van der Waals surface area contributed by atoms with E-state index in [1.54, 1.807) is 24.5 Å². The van der Waals surface area contributed by atoms with Gasteiger partial charge < -0.3 is 9.30 Å². The molecule has 0 saturated carbocycles. The van der Waals surface area contributed by atoms with Crippen molar-refractivity contribution in [2.75, 3.05) is 26.3 Å². The fourth-order valence-electron chi connectivity index (χ4n) is 3.80. The number of imidazole rings is 1. The predicted octanol–water partition coefficient (Wildman–Crippen LogP) is 4.12. The number of alkyl halides is 3. The zero-order chi connectivity index (χ0) is 21.0. The molecule has 4 rings (SSSR count). The van der Waals surface area contributed by atoms with E-state index in [1.165, 1.54) is 12.1 Å². The van der Waals surface area contributed by atoms with E-state index >= 15 is 0 Å². The van der Waals surface area contributed by atoms with Crippen LogP contribution in [-0.4, -0.2) is 51.9 Å². The average molecular weight is 416 g/mol. The van der Waals surface area contributed by atoms with Crippen molar-refractivity contribution in [3.63, 3.8) is 0 Å². The molecule has 1 fully saturated rings. The summed E-state index contributed by atoms with van der Waals surface area (Å²) >= 11 is 0. The highest BCUT2D eigenvalue weighted by molar-refractivity contribution is 5.56. The number of halogens is 3. The molecule has 158 valence electrons. The molecule has 0 aliphatic carbocycles. The van der Waals surface area contributed by atoms with Gasteiger partial charge in [0.05, 0.1) is 25.7 Å². The van der Waals surface area contributed by atoms with Crippen molar-refractivity contribution in [3.8, 4) is 11.4 Å². The Balaban J connectivity index is 1.58. The Morgan fingerprint density at radius 3 is 2.47 bits per heavy atom. The smallest absolute Gasteiger partial charge is 0.379 e. The minimum absolute atomic E-state index is 0.0973. The SMILES string of the molecule is FC(F)(F)Cc1ccc(-c2nccn2CC(c2cccnc2)N2CCOCC2)cc1. The van der Waals surface area contributed by atoms with Gasteiger partial charge in [-0.1, -0.05) is 30.3 Å². The molecular formula is C22H23F3N4O. The van der Waals surface area contributed by atoms with E-state index in [0.29, 0.717) is 19.8 Å². The first-order chi connectivity index (χ1) is 14.5. The summed E-state index contributed by atoms with van der Waals surface area (Å²) in [6.45, 7) is 3.69. The first kappa shape index (κ1) is 20.6. The number of pyridine rings is 1. The molecule has 1 aromatic carbocycles. The molecule has 8 heteroatoms. The molecule has 0 radical (unpaired) electrons. The van der Waals surface area contributed by atoms with Crippen LogP contribution >= 0.6 is 0 Å². The zero-order valence-corrected chi connectivity index (χ0v) is 16.4. The van der Waals surface area contributed by atoms with Crippen molar-refractivity contribution in [1.29, 1.82) is 0 Å². The maximum Gasteiger partial charge on any atom is 0.393 e. The van der Waals surface area contributed by atoms with E-state index in [2.05, 4.69) is 20.9 Å². The van der Waals surface area contributed by atoms with Gasteiger partial charge in [0.2, 0.25) is 0 Å². The first-order valence-corrected chi connectivity index (χ1v) is 9.88. The molecule has 1 aliphatic heterocycles. The molecule has 3 heterocycles. The number of aromatic nitrogens is 3. The van der Waals surface area contributed by atoms with Gasteiger partial charge in [-0.2, -0.15) is 13.2 Å². The summed E-state index contributed by atoms with van der Waals surface area (Å²) in [6, 6.07) is 10.5. The van der Waals surface area contributed by atoms with E-state index in [4.69, 9.17) is 4.74 Å². The van der Waals surface area contributed by atoms with Gasteiger partial charge in [0, 0.05) is 50.0 Å². The van der Waals surface area contributed by atoms with Crippen LogP contribution in [0.3, 0.4) is 0 Å². The van der Waals surface area contributed by atoms with Crippen LogP contribution in [0.5, 0.6) is 0 Å². The lowest BCUT2D eigenvalue weighted by atomic mass is 10.1. The molecule has 1 unspecified atom stereocenters. The lowest BCUT2D eigenvalue weighted by Crippen LogP contribution is -2.40. The van der Waals surface area contributed by atoms with Gasteiger partial charge in [-0.05, 0) is 17.2 Å². The minimum Gasteiger partial charge on any atom is -0.379 e. The summed E-state index contributed by atoms with van der Waals surface area (Å²) in [6.07, 6.45) is 2.12. The van der Waals surface area contributed by atoms with Gasteiger partial charge in [0.1, 0.15) is 5.82 Å². The molecule has 1 atom stereocenters. The molecule has 0 amide bonds.